The summed E-state index contributed by atoms with van der Waals surface area (Å²) < 4.78 is 1.87. The first-order chi connectivity index (χ1) is 16.1. The second-order valence-corrected chi connectivity index (χ2v) is 8.84. The molecule has 168 valence electrons. The molecule has 1 saturated heterocycles. The van der Waals surface area contributed by atoms with Crippen molar-refractivity contribution >= 4 is 34.4 Å². The van der Waals surface area contributed by atoms with Crippen LogP contribution in [0.4, 0.5) is 5.82 Å². The van der Waals surface area contributed by atoms with Gasteiger partial charge in [0.25, 0.3) is 0 Å². The van der Waals surface area contributed by atoms with Crippen molar-refractivity contribution in [2.45, 2.75) is 18.7 Å². The van der Waals surface area contributed by atoms with E-state index in [0.717, 1.165) is 33.9 Å². The lowest BCUT2D eigenvalue weighted by atomic mass is 10.1. The summed E-state index contributed by atoms with van der Waals surface area (Å²) >= 11 is 6.02. The molecule has 1 unspecified atom stereocenters. The first-order valence-corrected chi connectivity index (χ1v) is 11.6. The van der Waals surface area contributed by atoms with E-state index < -0.39 is 5.38 Å². The van der Waals surface area contributed by atoms with Crippen LogP contribution in [0.1, 0.15) is 18.3 Å². The molecule has 4 aromatic rings. The maximum Gasteiger partial charge on any atom is 0.240 e. The van der Waals surface area contributed by atoms with Crippen LogP contribution in [0.3, 0.4) is 0 Å². The van der Waals surface area contributed by atoms with Gasteiger partial charge in [-0.05, 0) is 24.6 Å². The molecular weight excluding hydrogens is 436 g/mol. The Bertz CT molecular complexity index is 1250. The molecule has 0 bridgehead atoms. The van der Waals surface area contributed by atoms with Gasteiger partial charge in [0.2, 0.25) is 5.91 Å². The molecule has 2 aromatic carbocycles. The van der Waals surface area contributed by atoms with Gasteiger partial charge in [-0.15, -0.1) is 11.6 Å². The fourth-order valence-electron chi connectivity index (χ4n) is 4.18. The maximum absolute atomic E-state index is 12.3. The molecule has 1 aliphatic heterocycles. The van der Waals surface area contributed by atoms with E-state index >= 15 is 0 Å². The third-order valence-electron chi connectivity index (χ3n) is 5.89. The molecular formula is C25H25ClN6O. The number of piperazine rings is 1. The number of para-hydroxylation sites is 1. The number of rotatable bonds is 5. The number of carbonyl (C=O) groups excluding carboxylic acids is 1. The molecule has 1 fully saturated rings. The largest absolute Gasteiger partial charge is 0.352 e. The highest BCUT2D eigenvalue weighted by molar-refractivity contribution is 6.30. The normalized spacial score (nSPS) is 15.1. The molecule has 1 aliphatic rings. The first kappa shape index (κ1) is 21.4. The first-order valence-electron chi connectivity index (χ1n) is 11.1. The van der Waals surface area contributed by atoms with Crippen molar-refractivity contribution in [1.82, 2.24) is 24.6 Å². The van der Waals surface area contributed by atoms with Crippen LogP contribution in [0.2, 0.25) is 0 Å². The third kappa shape index (κ3) is 4.41. The SMILES string of the molecule is CC(Cl)C(=O)N1CCN(c2nc(Cc3ccccc3)nc3c2cnn3-c2ccccc2)CC1. The molecule has 2 aromatic heterocycles. The Hall–Kier alpha value is -3.45. The lowest BCUT2D eigenvalue weighted by molar-refractivity contribution is -0.130. The fourth-order valence-corrected chi connectivity index (χ4v) is 4.32. The Morgan fingerprint density at radius 2 is 1.64 bits per heavy atom. The summed E-state index contributed by atoms with van der Waals surface area (Å²) in [4.78, 5) is 26.2. The van der Waals surface area contributed by atoms with Crippen LogP contribution in [0, 0.1) is 0 Å². The smallest absolute Gasteiger partial charge is 0.240 e. The number of fused-ring (bicyclic) bond motifs is 1. The van der Waals surface area contributed by atoms with E-state index in [-0.39, 0.29) is 5.91 Å². The summed E-state index contributed by atoms with van der Waals surface area (Å²) in [6.07, 6.45) is 2.47. The molecule has 1 atom stereocenters. The minimum Gasteiger partial charge on any atom is -0.352 e. The van der Waals surface area contributed by atoms with E-state index in [4.69, 9.17) is 21.6 Å². The molecule has 33 heavy (non-hydrogen) atoms. The number of benzene rings is 2. The third-order valence-corrected chi connectivity index (χ3v) is 6.08. The molecule has 0 saturated carbocycles. The second kappa shape index (κ2) is 9.19. The van der Waals surface area contributed by atoms with Gasteiger partial charge in [0, 0.05) is 32.6 Å². The summed E-state index contributed by atoms with van der Waals surface area (Å²) in [7, 11) is 0. The fraction of sp³-hybridized carbons (Fsp3) is 0.280. The van der Waals surface area contributed by atoms with Gasteiger partial charge < -0.3 is 9.80 Å². The van der Waals surface area contributed by atoms with E-state index in [2.05, 4.69) is 22.1 Å². The molecule has 5 rings (SSSR count). The van der Waals surface area contributed by atoms with Crippen LogP contribution < -0.4 is 4.90 Å². The lowest BCUT2D eigenvalue weighted by Gasteiger charge is -2.36. The van der Waals surface area contributed by atoms with E-state index in [0.29, 0.717) is 32.6 Å². The second-order valence-electron chi connectivity index (χ2n) is 8.18. The molecule has 0 aliphatic carbocycles. The summed E-state index contributed by atoms with van der Waals surface area (Å²) in [5, 5.41) is 5.03. The quantitative estimate of drug-likeness (QED) is 0.425. The molecule has 1 amide bonds. The van der Waals surface area contributed by atoms with Crippen molar-refractivity contribution < 1.29 is 4.79 Å². The summed E-state index contributed by atoms with van der Waals surface area (Å²) in [5.74, 6) is 1.58. The summed E-state index contributed by atoms with van der Waals surface area (Å²) in [6.45, 7) is 4.31. The van der Waals surface area contributed by atoms with E-state index in [9.17, 15) is 4.79 Å². The number of nitrogens with zero attached hydrogens (tertiary/aromatic N) is 6. The van der Waals surface area contributed by atoms with Crippen LogP contribution in [0.25, 0.3) is 16.7 Å². The van der Waals surface area contributed by atoms with Gasteiger partial charge >= 0.3 is 0 Å². The van der Waals surface area contributed by atoms with Crippen molar-refractivity contribution in [3.8, 4) is 5.69 Å². The number of aromatic nitrogens is 4. The topological polar surface area (TPSA) is 67.2 Å². The van der Waals surface area contributed by atoms with E-state index in [1.807, 2.05) is 64.3 Å². The van der Waals surface area contributed by atoms with Gasteiger partial charge in [0.05, 0.1) is 17.3 Å². The number of hydrogen-bond acceptors (Lipinski definition) is 5. The highest BCUT2D eigenvalue weighted by Crippen LogP contribution is 2.27. The zero-order valence-corrected chi connectivity index (χ0v) is 19.2. The zero-order valence-electron chi connectivity index (χ0n) is 18.4. The molecule has 0 spiro atoms. The van der Waals surface area contributed by atoms with Gasteiger partial charge in [0.1, 0.15) is 17.0 Å². The van der Waals surface area contributed by atoms with Gasteiger partial charge in [-0.1, -0.05) is 48.5 Å². The predicted molar refractivity (Wildman–Crippen MR) is 130 cm³/mol. The number of hydrogen-bond donors (Lipinski definition) is 0. The highest BCUT2D eigenvalue weighted by atomic mass is 35.5. The van der Waals surface area contributed by atoms with Crippen molar-refractivity contribution in [3.05, 3.63) is 78.2 Å². The Morgan fingerprint density at radius 3 is 2.30 bits per heavy atom. The minimum absolute atomic E-state index is 0.0224. The number of carbonyl (C=O) groups is 1. The van der Waals surface area contributed by atoms with Crippen molar-refractivity contribution in [1.29, 1.82) is 0 Å². The van der Waals surface area contributed by atoms with E-state index in [1.165, 1.54) is 0 Å². The highest BCUT2D eigenvalue weighted by Gasteiger charge is 2.26. The van der Waals surface area contributed by atoms with Crippen LogP contribution >= 0.6 is 11.6 Å². The Labute approximate surface area is 197 Å². The van der Waals surface area contributed by atoms with Gasteiger partial charge in [-0.2, -0.15) is 5.10 Å². The molecule has 8 heteroatoms. The Balaban J connectivity index is 1.53. The number of amides is 1. The lowest BCUT2D eigenvalue weighted by Crippen LogP contribution is -2.50. The zero-order chi connectivity index (χ0) is 22.8. The average molecular weight is 461 g/mol. The number of alkyl halides is 1. The van der Waals surface area contributed by atoms with Crippen molar-refractivity contribution in [2.75, 3.05) is 31.1 Å². The van der Waals surface area contributed by atoms with E-state index in [1.54, 1.807) is 6.92 Å². The number of anilines is 1. The Morgan fingerprint density at radius 1 is 0.970 bits per heavy atom. The minimum atomic E-state index is -0.510. The average Bonchev–Trinajstić information content (AvgIpc) is 3.28. The van der Waals surface area contributed by atoms with Gasteiger partial charge in [-0.25, -0.2) is 14.6 Å². The maximum atomic E-state index is 12.3. The molecule has 7 nitrogen and oxygen atoms in total. The van der Waals surface area contributed by atoms with Crippen LogP contribution in [0.15, 0.2) is 66.9 Å². The number of halogens is 1. The van der Waals surface area contributed by atoms with Crippen LogP contribution in [0.5, 0.6) is 0 Å². The molecule has 0 radical (unpaired) electrons. The summed E-state index contributed by atoms with van der Waals surface area (Å²) in [5.41, 5.74) is 2.89. The standard InChI is InChI=1S/C25H25ClN6O/c1-18(26)25(33)31-14-12-30(13-15-31)23-21-17-27-32(20-10-6-3-7-11-20)24(21)29-22(28-23)16-19-8-4-2-5-9-19/h2-11,17-18H,12-16H2,1H3. The molecule has 3 heterocycles. The van der Waals surface area contributed by atoms with Crippen molar-refractivity contribution in [3.63, 3.8) is 0 Å². The Kier molecular flexibility index (Phi) is 5.96. The van der Waals surface area contributed by atoms with Crippen LogP contribution in [-0.2, 0) is 11.2 Å². The van der Waals surface area contributed by atoms with Gasteiger partial charge in [0.15, 0.2) is 5.65 Å². The molecule has 0 N–H and O–H groups in total. The predicted octanol–water partition coefficient (Wildman–Crippen LogP) is 3.68. The van der Waals surface area contributed by atoms with Crippen LogP contribution in [-0.4, -0.2) is 62.1 Å². The van der Waals surface area contributed by atoms with Gasteiger partial charge in [-0.3, -0.25) is 4.79 Å². The monoisotopic (exact) mass is 460 g/mol. The summed E-state index contributed by atoms with van der Waals surface area (Å²) in [6, 6.07) is 20.2. The van der Waals surface area contributed by atoms with Crippen molar-refractivity contribution in [2.24, 2.45) is 0 Å².